The third-order valence-electron chi connectivity index (χ3n) is 5.70. The lowest BCUT2D eigenvalue weighted by molar-refractivity contribution is -0.148. The molecule has 1 atom stereocenters. The first-order chi connectivity index (χ1) is 16.8. The quantitative estimate of drug-likeness (QED) is 0.503. The summed E-state index contributed by atoms with van der Waals surface area (Å²) in [5.74, 6) is -0.279. The zero-order valence-electron chi connectivity index (χ0n) is 19.4. The van der Waals surface area contributed by atoms with E-state index in [1.165, 1.54) is 24.1 Å². The predicted octanol–water partition coefficient (Wildman–Crippen LogP) is 3.70. The van der Waals surface area contributed by atoms with Crippen molar-refractivity contribution >= 4 is 33.3 Å². The molecule has 1 amide bonds. The van der Waals surface area contributed by atoms with Crippen molar-refractivity contribution in [3.05, 3.63) is 83.9 Å². The highest BCUT2D eigenvalue weighted by Crippen LogP contribution is 2.34. The molecule has 0 radical (unpaired) electrons. The van der Waals surface area contributed by atoms with E-state index in [0.717, 1.165) is 11.1 Å². The molecule has 1 N–H and O–H groups in total. The second-order valence-corrected chi connectivity index (χ2v) is 9.90. The van der Waals surface area contributed by atoms with Gasteiger partial charge in [0.25, 0.3) is 10.0 Å². The molecule has 0 fully saturated rings. The molecule has 182 valence electrons. The minimum atomic E-state index is -3.72. The van der Waals surface area contributed by atoms with Crippen LogP contribution in [-0.2, 0) is 30.8 Å². The van der Waals surface area contributed by atoms with Gasteiger partial charge in [-0.1, -0.05) is 42.0 Å². The first-order valence-corrected chi connectivity index (χ1v) is 12.6. The number of rotatable bonds is 7. The van der Waals surface area contributed by atoms with Crippen LogP contribution < -0.4 is 14.4 Å². The van der Waals surface area contributed by atoms with Crippen molar-refractivity contribution in [2.24, 2.45) is 0 Å². The maximum atomic E-state index is 13.1. The van der Waals surface area contributed by atoms with Crippen molar-refractivity contribution in [2.75, 3.05) is 23.3 Å². The van der Waals surface area contributed by atoms with E-state index in [1.54, 1.807) is 48.5 Å². The highest BCUT2D eigenvalue weighted by Gasteiger charge is 2.34. The van der Waals surface area contributed by atoms with Gasteiger partial charge in [-0.25, -0.2) is 13.2 Å². The second kappa shape index (κ2) is 10.2. The number of ether oxygens (including phenoxy) is 2. The molecule has 0 saturated heterocycles. The van der Waals surface area contributed by atoms with Crippen molar-refractivity contribution in [3.63, 3.8) is 0 Å². The number of anilines is 2. The summed E-state index contributed by atoms with van der Waals surface area (Å²) in [6.45, 7) is 1.99. The summed E-state index contributed by atoms with van der Waals surface area (Å²) in [6.07, 6.45) is -0.313. The Bertz CT molecular complexity index is 1320. The van der Waals surface area contributed by atoms with Crippen molar-refractivity contribution in [1.29, 1.82) is 0 Å². The fraction of sp³-hybridized carbons (Fsp3) is 0.231. The third-order valence-corrected chi connectivity index (χ3v) is 7.10. The highest BCUT2D eigenvalue weighted by atomic mass is 32.2. The number of carbonyl (C=O) groups is 2. The maximum Gasteiger partial charge on any atom is 0.348 e. The van der Waals surface area contributed by atoms with Crippen LogP contribution in [0.25, 0.3) is 0 Å². The largest absolute Gasteiger partial charge is 0.475 e. The topological polar surface area (TPSA) is 102 Å². The number of hydrogen-bond acceptors (Lipinski definition) is 6. The van der Waals surface area contributed by atoms with Crippen molar-refractivity contribution < 1.29 is 27.5 Å². The molecule has 3 aromatic carbocycles. The molecule has 0 unspecified atom stereocenters. The Morgan fingerprint density at radius 3 is 2.40 bits per heavy atom. The molecule has 3 aromatic rings. The number of carbonyl (C=O) groups excluding carboxylic acids is 2. The van der Waals surface area contributed by atoms with Crippen LogP contribution in [-0.4, -0.2) is 40.1 Å². The predicted molar refractivity (Wildman–Crippen MR) is 132 cm³/mol. The van der Waals surface area contributed by atoms with Crippen LogP contribution >= 0.6 is 0 Å². The Morgan fingerprint density at radius 2 is 1.71 bits per heavy atom. The molecule has 1 heterocycles. The standard InChI is InChI=1S/C26H26N2O6S/c1-18-7-12-20(13-8-18)27-35(31,32)21-14-9-19(10-15-21)11-16-25(29)28-17-24(26(30)33-2)34-23-6-4-3-5-22(23)28/h3-10,12-15,24,27H,11,16-17H2,1-2H3/t24-/m1/s1. The average molecular weight is 495 g/mol. The van der Waals surface area contributed by atoms with Gasteiger partial charge in [0.05, 0.1) is 24.2 Å². The minimum absolute atomic E-state index is 0.0599. The van der Waals surface area contributed by atoms with Gasteiger partial charge in [0, 0.05) is 12.1 Å². The van der Waals surface area contributed by atoms with Gasteiger partial charge in [0.1, 0.15) is 5.75 Å². The normalized spacial score (nSPS) is 15.0. The maximum absolute atomic E-state index is 13.1. The number of amides is 1. The molecule has 1 aliphatic rings. The van der Waals surface area contributed by atoms with E-state index in [1.807, 2.05) is 19.1 Å². The third kappa shape index (κ3) is 5.63. The number of methoxy groups -OCH3 is 1. The van der Waals surface area contributed by atoms with Gasteiger partial charge >= 0.3 is 5.97 Å². The smallest absolute Gasteiger partial charge is 0.348 e. The minimum Gasteiger partial charge on any atom is -0.475 e. The van der Waals surface area contributed by atoms with Crippen LogP contribution in [0.2, 0.25) is 0 Å². The summed E-state index contributed by atoms with van der Waals surface area (Å²) in [5.41, 5.74) is 2.94. The van der Waals surface area contributed by atoms with E-state index >= 15 is 0 Å². The van der Waals surface area contributed by atoms with Crippen LogP contribution in [0.3, 0.4) is 0 Å². The van der Waals surface area contributed by atoms with Crippen LogP contribution in [0.4, 0.5) is 11.4 Å². The summed E-state index contributed by atoms with van der Waals surface area (Å²) >= 11 is 0. The van der Waals surface area contributed by atoms with E-state index in [0.29, 0.717) is 23.5 Å². The molecule has 1 aliphatic heterocycles. The van der Waals surface area contributed by atoms with Crippen LogP contribution in [0, 0.1) is 6.92 Å². The lowest BCUT2D eigenvalue weighted by atomic mass is 10.1. The highest BCUT2D eigenvalue weighted by molar-refractivity contribution is 7.92. The van der Waals surface area contributed by atoms with Crippen LogP contribution in [0.15, 0.2) is 77.7 Å². The lowest BCUT2D eigenvalue weighted by Crippen LogP contribution is -2.47. The van der Waals surface area contributed by atoms with Crippen molar-refractivity contribution in [3.8, 4) is 5.75 Å². The SMILES string of the molecule is COC(=O)[C@H]1CN(C(=O)CCc2ccc(S(=O)(=O)Nc3ccc(C)cc3)cc2)c2ccccc2O1. The second-order valence-electron chi connectivity index (χ2n) is 8.22. The van der Waals surface area contributed by atoms with E-state index in [2.05, 4.69) is 4.72 Å². The summed E-state index contributed by atoms with van der Waals surface area (Å²) in [6, 6.07) is 20.6. The molecular formula is C26H26N2O6S. The average Bonchev–Trinajstić information content (AvgIpc) is 2.87. The van der Waals surface area contributed by atoms with Gasteiger partial charge in [0.15, 0.2) is 0 Å². The molecule has 0 aromatic heterocycles. The molecule has 9 heteroatoms. The fourth-order valence-corrected chi connectivity index (χ4v) is 4.84. The van der Waals surface area contributed by atoms with Gasteiger partial charge in [-0.3, -0.25) is 9.52 Å². The Balaban J connectivity index is 1.42. The summed E-state index contributed by atoms with van der Waals surface area (Å²) in [5, 5.41) is 0. The zero-order chi connectivity index (χ0) is 25.0. The fourth-order valence-electron chi connectivity index (χ4n) is 3.78. The van der Waals surface area contributed by atoms with Gasteiger partial charge in [-0.05, 0) is 55.3 Å². The van der Waals surface area contributed by atoms with Gasteiger partial charge < -0.3 is 14.4 Å². The number of para-hydroxylation sites is 2. The Morgan fingerprint density at radius 1 is 1.03 bits per heavy atom. The van der Waals surface area contributed by atoms with Gasteiger partial charge in [-0.2, -0.15) is 0 Å². The van der Waals surface area contributed by atoms with Gasteiger partial charge in [-0.15, -0.1) is 0 Å². The van der Waals surface area contributed by atoms with Crippen LogP contribution in [0.5, 0.6) is 5.75 Å². The molecule has 0 spiro atoms. The van der Waals surface area contributed by atoms with E-state index in [9.17, 15) is 18.0 Å². The number of fused-ring (bicyclic) bond motifs is 1. The number of sulfonamides is 1. The number of nitrogens with one attached hydrogen (secondary N) is 1. The number of nitrogens with zero attached hydrogens (tertiary/aromatic N) is 1. The number of benzene rings is 3. The molecule has 0 saturated carbocycles. The summed E-state index contributed by atoms with van der Waals surface area (Å²) < 4.78 is 38.4. The van der Waals surface area contributed by atoms with Crippen LogP contribution in [0.1, 0.15) is 17.5 Å². The number of esters is 1. The van der Waals surface area contributed by atoms with Gasteiger partial charge in [0.2, 0.25) is 12.0 Å². The molecule has 8 nitrogen and oxygen atoms in total. The molecule has 0 bridgehead atoms. The molecule has 0 aliphatic carbocycles. The lowest BCUT2D eigenvalue weighted by Gasteiger charge is -2.33. The number of aryl methyl sites for hydroxylation is 2. The van der Waals surface area contributed by atoms with E-state index < -0.39 is 22.1 Å². The van der Waals surface area contributed by atoms with E-state index in [-0.39, 0.29) is 23.8 Å². The zero-order valence-corrected chi connectivity index (χ0v) is 20.2. The number of hydrogen-bond donors (Lipinski definition) is 1. The van der Waals surface area contributed by atoms with E-state index in [4.69, 9.17) is 9.47 Å². The molecule has 35 heavy (non-hydrogen) atoms. The Hall–Kier alpha value is -3.85. The van der Waals surface area contributed by atoms with Crippen molar-refractivity contribution in [1.82, 2.24) is 0 Å². The molecular weight excluding hydrogens is 468 g/mol. The molecule has 4 rings (SSSR count). The Labute approximate surface area is 204 Å². The summed E-state index contributed by atoms with van der Waals surface area (Å²) in [7, 11) is -2.45. The first kappa shape index (κ1) is 24.3. The summed E-state index contributed by atoms with van der Waals surface area (Å²) in [4.78, 5) is 26.8. The first-order valence-electron chi connectivity index (χ1n) is 11.1. The van der Waals surface area contributed by atoms with Crippen molar-refractivity contribution in [2.45, 2.75) is 30.8 Å². The Kier molecular flexibility index (Phi) is 7.07. The monoisotopic (exact) mass is 494 g/mol.